The van der Waals surface area contributed by atoms with Crippen LogP contribution in [-0.4, -0.2) is 64.5 Å². The van der Waals surface area contributed by atoms with E-state index in [1.54, 1.807) is 28.6 Å². The summed E-state index contributed by atoms with van der Waals surface area (Å²) in [4.78, 5) is 38.6. The van der Waals surface area contributed by atoms with Crippen LogP contribution in [-0.2, 0) is 7.05 Å². The molecule has 0 spiro atoms. The molecule has 1 amide bonds. The van der Waals surface area contributed by atoms with Crippen LogP contribution in [0.3, 0.4) is 0 Å². The van der Waals surface area contributed by atoms with Gasteiger partial charge >= 0.3 is 0 Å². The average Bonchev–Trinajstić information content (AvgIpc) is 3.57. The van der Waals surface area contributed by atoms with E-state index in [9.17, 15) is 9.59 Å². The Labute approximate surface area is 301 Å². The molecule has 3 N–H and O–H groups in total. The lowest BCUT2D eigenvalue weighted by Crippen LogP contribution is -2.32. The summed E-state index contributed by atoms with van der Waals surface area (Å²) < 4.78 is 3.28. The lowest BCUT2D eigenvalue weighted by Gasteiger charge is -2.33. The summed E-state index contributed by atoms with van der Waals surface area (Å²) in [5, 5.41) is 7.30. The number of para-hydroxylation sites is 1. The molecule has 4 aromatic rings. The van der Waals surface area contributed by atoms with E-state index in [0.717, 1.165) is 60.2 Å². The van der Waals surface area contributed by atoms with Gasteiger partial charge in [-0.05, 0) is 112 Å². The second-order valence-corrected chi connectivity index (χ2v) is 13.4. The van der Waals surface area contributed by atoms with Crippen molar-refractivity contribution in [2.75, 3.05) is 32.5 Å². The van der Waals surface area contributed by atoms with Crippen molar-refractivity contribution in [1.29, 1.82) is 0 Å². The zero-order valence-electron chi connectivity index (χ0n) is 30.9. The molecule has 1 atom stereocenters. The highest BCUT2D eigenvalue weighted by molar-refractivity contribution is 6.08. The van der Waals surface area contributed by atoms with Crippen LogP contribution >= 0.6 is 0 Å². The van der Waals surface area contributed by atoms with Crippen molar-refractivity contribution in [1.82, 2.24) is 19.2 Å². The number of nitrogens with zero attached hydrogens (tertiary/aromatic N) is 6. The number of hydrogen-bond acceptors (Lipinski definition) is 5. The van der Waals surface area contributed by atoms with E-state index in [1.165, 1.54) is 11.9 Å². The highest BCUT2D eigenvalue weighted by Gasteiger charge is 2.25. The zero-order chi connectivity index (χ0) is 36.7. The third kappa shape index (κ3) is 8.52. The molecule has 1 aliphatic heterocycles. The first-order valence-corrected chi connectivity index (χ1v) is 17.6. The molecule has 10 heteroatoms. The predicted octanol–water partition coefficient (Wildman–Crippen LogP) is 6.90. The van der Waals surface area contributed by atoms with Gasteiger partial charge in [0.25, 0.3) is 11.5 Å². The van der Waals surface area contributed by atoms with E-state index in [4.69, 9.17) is 5.73 Å². The Morgan fingerprint density at radius 3 is 2.39 bits per heavy atom. The first-order chi connectivity index (χ1) is 24.5. The van der Waals surface area contributed by atoms with Gasteiger partial charge < -0.3 is 16.0 Å². The largest absolute Gasteiger partial charge is 0.383 e. The summed E-state index contributed by atoms with van der Waals surface area (Å²) in [6.45, 7) is 10.5. The van der Waals surface area contributed by atoms with E-state index in [1.807, 2.05) is 81.7 Å². The van der Waals surface area contributed by atoms with E-state index in [0.29, 0.717) is 34.7 Å². The Bertz CT molecular complexity index is 2030. The molecule has 3 heterocycles. The highest BCUT2D eigenvalue weighted by Crippen LogP contribution is 2.35. The van der Waals surface area contributed by atoms with Gasteiger partial charge in [0.2, 0.25) is 0 Å². The number of aliphatic imine (C=N–C) groups is 2. The second kappa shape index (κ2) is 16.6. The number of allylic oxidation sites excluding steroid dienone is 3. The predicted molar refractivity (Wildman–Crippen MR) is 210 cm³/mol. The van der Waals surface area contributed by atoms with Crippen LogP contribution in [0.5, 0.6) is 0 Å². The quantitative estimate of drug-likeness (QED) is 0.101. The van der Waals surface area contributed by atoms with Crippen molar-refractivity contribution in [3.8, 4) is 16.8 Å². The monoisotopic (exact) mass is 686 g/mol. The number of aryl methyl sites for hydroxylation is 1. The number of benzene rings is 2. The second-order valence-electron chi connectivity index (χ2n) is 13.4. The number of amidine groups is 1. The van der Waals surface area contributed by atoms with Crippen LogP contribution in [0.25, 0.3) is 22.4 Å². The van der Waals surface area contributed by atoms with Crippen LogP contribution in [0.15, 0.2) is 105 Å². The summed E-state index contributed by atoms with van der Waals surface area (Å²) in [5.74, 6) is 0.792. The molecule has 51 heavy (non-hydrogen) atoms. The van der Waals surface area contributed by atoms with Crippen molar-refractivity contribution >= 4 is 29.3 Å². The van der Waals surface area contributed by atoms with Crippen LogP contribution in [0.4, 0.5) is 5.69 Å². The molecule has 0 saturated carbocycles. The summed E-state index contributed by atoms with van der Waals surface area (Å²) in [5.41, 5.74) is 13.8. The maximum absolute atomic E-state index is 13.9. The Balaban J connectivity index is 1.53. The molecule has 0 radical (unpaired) electrons. The molecule has 10 nitrogen and oxygen atoms in total. The van der Waals surface area contributed by atoms with E-state index >= 15 is 0 Å². The number of anilines is 1. The first-order valence-electron chi connectivity index (χ1n) is 17.6. The fourth-order valence-electron chi connectivity index (χ4n) is 6.71. The molecule has 2 aromatic heterocycles. The van der Waals surface area contributed by atoms with Gasteiger partial charge in [0, 0.05) is 48.5 Å². The van der Waals surface area contributed by atoms with Gasteiger partial charge in [0.15, 0.2) is 0 Å². The molecule has 1 saturated heterocycles. The molecule has 0 aliphatic carbocycles. The lowest BCUT2D eigenvalue weighted by molar-refractivity contribution is 0.102. The summed E-state index contributed by atoms with van der Waals surface area (Å²) >= 11 is 0. The van der Waals surface area contributed by atoms with Crippen molar-refractivity contribution in [3.05, 3.63) is 117 Å². The van der Waals surface area contributed by atoms with Gasteiger partial charge in [0.05, 0.1) is 6.20 Å². The van der Waals surface area contributed by atoms with Crippen molar-refractivity contribution in [2.24, 2.45) is 34.6 Å². The van der Waals surface area contributed by atoms with Crippen LogP contribution in [0.2, 0.25) is 0 Å². The number of carbonyl (C=O) groups excluding carboxylic acids is 1. The van der Waals surface area contributed by atoms with Gasteiger partial charge in [0.1, 0.15) is 17.7 Å². The molecule has 1 unspecified atom stereocenters. The van der Waals surface area contributed by atoms with Crippen LogP contribution < -0.4 is 16.6 Å². The number of amides is 1. The number of nitrogens with one attached hydrogen (secondary N) is 1. The van der Waals surface area contributed by atoms with E-state index in [2.05, 4.69) is 52.3 Å². The summed E-state index contributed by atoms with van der Waals surface area (Å²) in [6.07, 6.45) is 10.6. The number of nitrogens with two attached hydrogens (primary N) is 1. The fourth-order valence-corrected chi connectivity index (χ4v) is 6.71. The normalized spacial score (nSPS) is 16.0. The average molecular weight is 687 g/mol. The molecular weight excluding hydrogens is 637 g/mol. The molecule has 2 aromatic carbocycles. The molecule has 0 bridgehead atoms. The zero-order valence-corrected chi connectivity index (χ0v) is 30.9. The summed E-state index contributed by atoms with van der Waals surface area (Å²) in [7, 11) is 5.68. The van der Waals surface area contributed by atoms with Gasteiger partial charge in [-0.15, -0.1) is 0 Å². The first kappa shape index (κ1) is 36.9. The highest BCUT2D eigenvalue weighted by atomic mass is 16.2. The number of carbonyl (C=O) groups is 1. The van der Waals surface area contributed by atoms with Crippen molar-refractivity contribution in [2.45, 2.75) is 47.0 Å². The van der Waals surface area contributed by atoms with Gasteiger partial charge in [-0.25, -0.2) is 4.99 Å². The minimum absolute atomic E-state index is 0.0321. The Morgan fingerprint density at radius 1 is 1.10 bits per heavy atom. The van der Waals surface area contributed by atoms with Crippen LogP contribution in [0.1, 0.15) is 61.6 Å². The number of piperidine rings is 1. The van der Waals surface area contributed by atoms with Crippen molar-refractivity contribution in [3.63, 3.8) is 0 Å². The molecule has 1 aliphatic rings. The number of rotatable bonds is 11. The summed E-state index contributed by atoms with van der Waals surface area (Å²) in [6, 6.07) is 18.7. The number of pyridine rings is 1. The minimum atomic E-state index is -0.494. The third-order valence-corrected chi connectivity index (χ3v) is 9.96. The molecule has 1 fully saturated rings. The fraction of sp³-hybridized carbons (Fsp3) is 0.341. The van der Waals surface area contributed by atoms with Gasteiger partial charge in [-0.1, -0.05) is 55.8 Å². The lowest BCUT2D eigenvalue weighted by atomic mass is 9.79. The standard InChI is InChI=1S/C41H50N8O2/c1-8-27(2)35(31-18-20-47(6)21-19-31)22-36(28(3)39(42)44-26-43-5)30-14-16-33(17-15-30)46-40(50)38-23-37(32-24-45-48(7)25-32)29(4)49(41(38)51)34-12-10-9-11-13-34/h9-17,22-27,31H,8,18-21H2,1-7H3,(H,46,50)(H2,42,43,44)/b35-22+,36-28-. The molecule has 266 valence electrons. The maximum Gasteiger partial charge on any atom is 0.268 e. The van der Waals surface area contributed by atoms with E-state index < -0.39 is 11.5 Å². The SMILES string of the molecule is CCC(C)\C(=C/C(=C(C)/C(N)=N\C=N/C)c1ccc(NC(=O)c2cc(-c3cnn(C)c3)c(C)n(-c3ccccc3)c2=O)cc1)C1CCN(C)CC1. The van der Waals surface area contributed by atoms with Crippen LogP contribution in [0, 0.1) is 18.8 Å². The third-order valence-electron chi connectivity index (χ3n) is 9.96. The maximum atomic E-state index is 13.9. The van der Waals surface area contributed by atoms with E-state index in [-0.39, 0.29) is 5.56 Å². The van der Waals surface area contributed by atoms with Gasteiger partial charge in [-0.3, -0.25) is 23.8 Å². The Morgan fingerprint density at radius 2 is 1.78 bits per heavy atom. The van der Waals surface area contributed by atoms with Gasteiger partial charge in [-0.2, -0.15) is 5.10 Å². The molecular formula is C41H50N8O2. The topological polar surface area (TPSA) is 123 Å². The Kier molecular flexibility index (Phi) is 12.0. The minimum Gasteiger partial charge on any atom is -0.383 e. The Hall–Kier alpha value is -5.35. The number of aromatic nitrogens is 3. The molecule has 5 rings (SSSR count). The smallest absolute Gasteiger partial charge is 0.268 e. The van der Waals surface area contributed by atoms with Crippen molar-refractivity contribution < 1.29 is 4.79 Å². The number of likely N-dealkylation sites (tertiary alicyclic amines) is 1. The number of hydrogen-bond donors (Lipinski definition) is 2.